The zero-order valence-electron chi connectivity index (χ0n) is 22.1. The van der Waals surface area contributed by atoms with Crippen LogP contribution in [0.1, 0.15) is 47.6 Å². The Morgan fingerprint density at radius 1 is 0.875 bits per heavy atom. The first-order valence-corrected chi connectivity index (χ1v) is 14.3. The lowest BCUT2D eigenvalue weighted by Crippen LogP contribution is -2.34. The van der Waals surface area contributed by atoms with Crippen LogP contribution in [0.2, 0.25) is 0 Å². The Labute approximate surface area is 242 Å². The maximum absolute atomic E-state index is 13.6. The molecular weight excluding hydrogens is 568 g/mol. The number of hydrogen-bond donors (Lipinski definition) is 2. The minimum Gasteiger partial charge on any atom is -0.481 e. The molecular formula is C33H31BrN2O4. The van der Waals surface area contributed by atoms with Crippen molar-refractivity contribution in [2.24, 2.45) is 0 Å². The van der Waals surface area contributed by atoms with E-state index < -0.39 is 12.0 Å². The van der Waals surface area contributed by atoms with Gasteiger partial charge in [0.05, 0.1) is 18.0 Å². The topological polar surface area (TPSA) is 78.9 Å². The average Bonchev–Trinajstić information content (AvgIpc) is 2.98. The highest BCUT2D eigenvalue weighted by molar-refractivity contribution is 9.10. The van der Waals surface area contributed by atoms with Gasteiger partial charge in [0, 0.05) is 28.8 Å². The first-order valence-electron chi connectivity index (χ1n) is 13.5. The molecule has 1 saturated heterocycles. The molecule has 7 heteroatoms. The minimum absolute atomic E-state index is 0.230. The maximum Gasteiger partial charge on any atom is 0.305 e. The third-order valence-electron chi connectivity index (χ3n) is 7.07. The number of carbonyl (C=O) groups excluding carboxylic acids is 1. The number of amides is 1. The lowest BCUT2D eigenvalue weighted by molar-refractivity contribution is -0.137. The number of anilines is 1. The van der Waals surface area contributed by atoms with Crippen LogP contribution in [0.3, 0.4) is 0 Å². The highest BCUT2D eigenvalue weighted by Gasteiger charge is 2.23. The lowest BCUT2D eigenvalue weighted by Gasteiger charge is -2.30. The number of piperidine rings is 1. The van der Waals surface area contributed by atoms with E-state index in [4.69, 9.17) is 4.74 Å². The second-order valence-corrected chi connectivity index (χ2v) is 10.8. The molecule has 1 fully saturated rings. The van der Waals surface area contributed by atoms with E-state index in [0.717, 1.165) is 64.3 Å². The molecule has 204 valence electrons. The molecule has 0 saturated carbocycles. The van der Waals surface area contributed by atoms with E-state index in [0.29, 0.717) is 5.56 Å². The van der Waals surface area contributed by atoms with E-state index in [1.54, 1.807) is 0 Å². The number of carboxylic acid groups (broad SMARTS) is 1. The summed E-state index contributed by atoms with van der Waals surface area (Å²) >= 11 is 3.49. The molecule has 40 heavy (non-hydrogen) atoms. The molecule has 1 atom stereocenters. The van der Waals surface area contributed by atoms with Gasteiger partial charge in [0.25, 0.3) is 5.91 Å². The van der Waals surface area contributed by atoms with Gasteiger partial charge in [-0.15, -0.1) is 0 Å². The SMILES string of the molecule is O=C(O)CC(NC(=O)c1cc(Br)ccc1N1CCCCC1)c1ccc(-c2ccccc2Oc2ccccc2)cc1. The van der Waals surface area contributed by atoms with Crippen LogP contribution < -0.4 is 15.0 Å². The number of para-hydroxylation sites is 2. The van der Waals surface area contributed by atoms with Crippen LogP contribution in [0.15, 0.2) is 102 Å². The van der Waals surface area contributed by atoms with Crippen molar-refractivity contribution in [3.63, 3.8) is 0 Å². The molecule has 0 spiro atoms. The quantitative estimate of drug-likeness (QED) is 0.205. The van der Waals surface area contributed by atoms with Crippen molar-refractivity contribution in [1.29, 1.82) is 0 Å². The van der Waals surface area contributed by atoms with Crippen LogP contribution in [0.25, 0.3) is 11.1 Å². The molecule has 1 aliphatic rings. The first-order chi connectivity index (χ1) is 19.5. The second kappa shape index (κ2) is 12.8. The van der Waals surface area contributed by atoms with Crippen molar-refractivity contribution < 1.29 is 19.4 Å². The van der Waals surface area contributed by atoms with E-state index in [2.05, 4.69) is 26.1 Å². The van der Waals surface area contributed by atoms with Crippen LogP contribution in [-0.4, -0.2) is 30.1 Å². The fraction of sp³-hybridized carbons (Fsp3) is 0.212. The lowest BCUT2D eigenvalue weighted by atomic mass is 9.98. The Bertz CT molecular complexity index is 1470. The Balaban J connectivity index is 1.39. The van der Waals surface area contributed by atoms with E-state index in [1.165, 1.54) is 6.42 Å². The maximum atomic E-state index is 13.6. The van der Waals surface area contributed by atoms with Gasteiger partial charge in [0.2, 0.25) is 0 Å². The summed E-state index contributed by atoms with van der Waals surface area (Å²) in [7, 11) is 0. The zero-order valence-corrected chi connectivity index (χ0v) is 23.6. The Morgan fingerprint density at radius 2 is 1.57 bits per heavy atom. The predicted molar refractivity (Wildman–Crippen MR) is 161 cm³/mol. The zero-order chi connectivity index (χ0) is 27.9. The molecule has 1 aliphatic heterocycles. The number of rotatable bonds is 9. The predicted octanol–water partition coefficient (Wildman–Crippen LogP) is 7.84. The van der Waals surface area contributed by atoms with Gasteiger partial charge in [-0.25, -0.2) is 0 Å². The molecule has 0 radical (unpaired) electrons. The summed E-state index contributed by atoms with van der Waals surface area (Å²) in [4.78, 5) is 27.6. The van der Waals surface area contributed by atoms with Crippen LogP contribution in [0.5, 0.6) is 11.5 Å². The molecule has 0 aliphatic carbocycles. The number of benzene rings is 4. The number of nitrogens with one attached hydrogen (secondary N) is 1. The summed E-state index contributed by atoms with van der Waals surface area (Å²) in [5.74, 6) is 0.185. The number of hydrogen-bond acceptors (Lipinski definition) is 4. The summed E-state index contributed by atoms with van der Waals surface area (Å²) in [6.45, 7) is 1.80. The van der Waals surface area contributed by atoms with Crippen LogP contribution >= 0.6 is 15.9 Å². The molecule has 1 unspecified atom stereocenters. The van der Waals surface area contributed by atoms with E-state index in [-0.39, 0.29) is 12.3 Å². The molecule has 0 aromatic heterocycles. The molecule has 4 aromatic rings. The highest BCUT2D eigenvalue weighted by Crippen LogP contribution is 2.34. The Morgan fingerprint density at radius 3 is 2.30 bits per heavy atom. The van der Waals surface area contributed by atoms with Gasteiger partial charge in [-0.2, -0.15) is 0 Å². The van der Waals surface area contributed by atoms with Crippen molar-refractivity contribution in [3.05, 3.63) is 113 Å². The number of aliphatic carboxylic acids is 1. The summed E-state index contributed by atoms with van der Waals surface area (Å²) < 4.78 is 6.92. The summed E-state index contributed by atoms with van der Waals surface area (Å²) in [6.07, 6.45) is 3.13. The number of nitrogens with zero attached hydrogens (tertiary/aromatic N) is 1. The summed E-state index contributed by atoms with van der Waals surface area (Å²) in [6, 6.07) is 30.0. The van der Waals surface area contributed by atoms with E-state index in [9.17, 15) is 14.7 Å². The monoisotopic (exact) mass is 598 g/mol. The highest BCUT2D eigenvalue weighted by atomic mass is 79.9. The molecule has 6 nitrogen and oxygen atoms in total. The van der Waals surface area contributed by atoms with Crippen molar-refractivity contribution >= 4 is 33.5 Å². The smallest absolute Gasteiger partial charge is 0.305 e. The fourth-order valence-electron chi connectivity index (χ4n) is 5.07. The number of halogens is 1. The first kappa shape index (κ1) is 27.5. The van der Waals surface area contributed by atoms with E-state index >= 15 is 0 Å². The van der Waals surface area contributed by atoms with E-state index in [1.807, 2.05) is 97.1 Å². The molecule has 0 bridgehead atoms. The normalized spacial score (nSPS) is 13.9. The van der Waals surface area contributed by atoms with Crippen molar-refractivity contribution in [1.82, 2.24) is 5.32 Å². The Hall–Kier alpha value is -4.10. The number of carboxylic acids is 1. The van der Waals surface area contributed by atoms with Crippen LogP contribution in [0.4, 0.5) is 5.69 Å². The number of ether oxygens (including phenoxy) is 1. The van der Waals surface area contributed by atoms with Gasteiger partial charge >= 0.3 is 5.97 Å². The van der Waals surface area contributed by atoms with Gasteiger partial charge in [-0.05, 0) is 66.8 Å². The third-order valence-corrected chi connectivity index (χ3v) is 7.56. The average molecular weight is 600 g/mol. The van der Waals surface area contributed by atoms with Gasteiger partial charge in [0.15, 0.2) is 0 Å². The van der Waals surface area contributed by atoms with Crippen molar-refractivity contribution in [2.45, 2.75) is 31.7 Å². The molecule has 5 rings (SSSR count). The van der Waals surface area contributed by atoms with Gasteiger partial charge < -0.3 is 20.1 Å². The standard InChI is InChI=1S/C33H31BrN2O4/c34-25-17-18-30(36-19-7-2-8-20-36)28(21-25)33(39)35-29(22-32(37)38)24-15-13-23(14-16-24)27-11-5-6-12-31(27)40-26-9-3-1-4-10-26/h1,3-6,9-18,21,29H,2,7-8,19-20,22H2,(H,35,39)(H,37,38). The molecule has 4 aromatic carbocycles. The molecule has 1 amide bonds. The fourth-order valence-corrected chi connectivity index (χ4v) is 5.43. The van der Waals surface area contributed by atoms with Gasteiger partial charge in [-0.1, -0.05) is 76.6 Å². The largest absolute Gasteiger partial charge is 0.481 e. The third kappa shape index (κ3) is 6.72. The second-order valence-electron chi connectivity index (χ2n) is 9.87. The van der Waals surface area contributed by atoms with Crippen LogP contribution in [0, 0.1) is 0 Å². The molecule has 2 N–H and O–H groups in total. The summed E-state index contributed by atoms with van der Waals surface area (Å²) in [5.41, 5.74) is 3.97. The minimum atomic E-state index is -0.985. The van der Waals surface area contributed by atoms with Gasteiger partial charge in [-0.3, -0.25) is 9.59 Å². The Kier molecular flexibility index (Phi) is 8.81. The van der Waals surface area contributed by atoms with Gasteiger partial charge in [0.1, 0.15) is 11.5 Å². The van der Waals surface area contributed by atoms with Crippen LogP contribution in [-0.2, 0) is 4.79 Å². The summed E-state index contributed by atoms with van der Waals surface area (Å²) in [5, 5.41) is 12.7. The van der Waals surface area contributed by atoms with Crippen molar-refractivity contribution in [2.75, 3.05) is 18.0 Å². The van der Waals surface area contributed by atoms with Crippen molar-refractivity contribution in [3.8, 4) is 22.6 Å². The molecule has 1 heterocycles. The number of carbonyl (C=O) groups is 2.